The Balaban J connectivity index is 1.60. The lowest BCUT2D eigenvalue weighted by molar-refractivity contribution is -0.384. The van der Waals surface area contributed by atoms with E-state index in [0.717, 1.165) is 24.3 Å². The van der Waals surface area contributed by atoms with Gasteiger partial charge in [-0.1, -0.05) is 42.5 Å². The standard InChI is InChI=1S/C21H22N4O3/c26-25(27)19-10-8-18(9-11-19)15-23-21(24-16-20-7-4-14-28-20)22-13-12-17-5-2-1-3-6-17/h1-11,14H,12-13,15-16H2,(H2,22,23,24). The Bertz CT molecular complexity index is 891. The van der Waals surface area contributed by atoms with Crippen molar-refractivity contribution in [3.05, 3.63) is 100.0 Å². The summed E-state index contributed by atoms with van der Waals surface area (Å²) in [5, 5.41) is 17.3. The fourth-order valence-electron chi connectivity index (χ4n) is 2.62. The van der Waals surface area contributed by atoms with Crippen LogP contribution in [-0.4, -0.2) is 17.4 Å². The number of nitro groups is 1. The van der Waals surface area contributed by atoms with Gasteiger partial charge in [0.05, 0.1) is 24.3 Å². The SMILES string of the molecule is O=[N+]([O-])c1ccc(CN=C(NCCc2ccccc2)NCc2ccco2)cc1. The van der Waals surface area contributed by atoms with Crippen LogP contribution in [0.15, 0.2) is 82.4 Å². The minimum absolute atomic E-state index is 0.0740. The van der Waals surface area contributed by atoms with Gasteiger partial charge >= 0.3 is 0 Å². The van der Waals surface area contributed by atoms with Gasteiger partial charge in [-0.15, -0.1) is 0 Å². The van der Waals surface area contributed by atoms with Crippen molar-refractivity contribution >= 4 is 11.6 Å². The molecule has 0 saturated heterocycles. The molecule has 7 nitrogen and oxygen atoms in total. The van der Waals surface area contributed by atoms with Gasteiger partial charge in [0.2, 0.25) is 0 Å². The van der Waals surface area contributed by atoms with Crippen molar-refractivity contribution < 1.29 is 9.34 Å². The van der Waals surface area contributed by atoms with Crippen molar-refractivity contribution in [2.24, 2.45) is 4.99 Å². The van der Waals surface area contributed by atoms with Gasteiger partial charge in [0.25, 0.3) is 5.69 Å². The van der Waals surface area contributed by atoms with Crippen molar-refractivity contribution in [2.45, 2.75) is 19.5 Å². The van der Waals surface area contributed by atoms with Gasteiger partial charge in [0.1, 0.15) is 5.76 Å². The summed E-state index contributed by atoms with van der Waals surface area (Å²) in [6.07, 6.45) is 2.51. The number of non-ortho nitro benzene ring substituents is 1. The molecule has 7 heteroatoms. The summed E-state index contributed by atoms with van der Waals surface area (Å²) in [7, 11) is 0. The second-order valence-electron chi connectivity index (χ2n) is 6.18. The zero-order valence-electron chi connectivity index (χ0n) is 15.4. The van der Waals surface area contributed by atoms with Crippen LogP contribution in [0.4, 0.5) is 5.69 Å². The molecule has 3 rings (SSSR count). The molecule has 0 radical (unpaired) electrons. The maximum Gasteiger partial charge on any atom is 0.269 e. The monoisotopic (exact) mass is 378 g/mol. The molecular formula is C21H22N4O3. The van der Waals surface area contributed by atoms with E-state index >= 15 is 0 Å². The van der Waals surface area contributed by atoms with Gasteiger partial charge in [-0.05, 0) is 29.7 Å². The van der Waals surface area contributed by atoms with Gasteiger partial charge in [0, 0.05) is 18.7 Å². The Morgan fingerprint density at radius 1 is 0.964 bits per heavy atom. The van der Waals surface area contributed by atoms with Gasteiger partial charge in [-0.25, -0.2) is 4.99 Å². The van der Waals surface area contributed by atoms with Crippen LogP contribution in [0.2, 0.25) is 0 Å². The highest BCUT2D eigenvalue weighted by atomic mass is 16.6. The van der Waals surface area contributed by atoms with Crippen LogP contribution in [-0.2, 0) is 19.5 Å². The van der Waals surface area contributed by atoms with Gasteiger partial charge in [-0.2, -0.15) is 0 Å². The van der Waals surface area contributed by atoms with Crippen LogP contribution in [0.1, 0.15) is 16.9 Å². The molecule has 0 saturated carbocycles. The second-order valence-corrected chi connectivity index (χ2v) is 6.18. The fraction of sp³-hybridized carbons (Fsp3) is 0.190. The number of guanidine groups is 1. The Kier molecular flexibility index (Phi) is 6.78. The first-order chi connectivity index (χ1) is 13.7. The molecule has 0 atom stereocenters. The molecule has 0 aliphatic heterocycles. The van der Waals surface area contributed by atoms with Crippen LogP contribution >= 0.6 is 0 Å². The predicted molar refractivity (Wildman–Crippen MR) is 108 cm³/mol. The summed E-state index contributed by atoms with van der Waals surface area (Å²) in [5.41, 5.74) is 2.22. The number of rotatable bonds is 8. The van der Waals surface area contributed by atoms with E-state index in [0.29, 0.717) is 19.0 Å². The molecule has 1 aromatic heterocycles. The van der Waals surface area contributed by atoms with Crippen molar-refractivity contribution in [1.29, 1.82) is 0 Å². The molecule has 0 fully saturated rings. The van der Waals surface area contributed by atoms with E-state index in [9.17, 15) is 10.1 Å². The van der Waals surface area contributed by atoms with Gasteiger partial charge in [-0.3, -0.25) is 10.1 Å². The maximum atomic E-state index is 10.8. The molecular weight excluding hydrogens is 356 g/mol. The molecule has 1 heterocycles. The third-order valence-corrected chi connectivity index (χ3v) is 4.13. The summed E-state index contributed by atoms with van der Waals surface area (Å²) in [5.74, 6) is 1.47. The first-order valence-electron chi connectivity index (χ1n) is 9.02. The lowest BCUT2D eigenvalue weighted by Crippen LogP contribution is -2.38. The molecule has 0 amide bonds. The molecule has 2 N–H and O–H groups in total. The average Bonchev–Trinajstić information content (AvgIpc) is 3.24. The number of aliphatic imine (C=N–C) groups is 1. The quantitative estimate of drug-likeness (QED) is 0.270. The number of nitrogens with zero attached hydrogens (tertiary/aromatic N) is 2. The first kappa shape index (κ1) is 19.2. The predicted octanol–water partition coefficient (Wildman–Crippen LogP) is 3.67. The summed E-state index contributed by atoms with van der Waals surface area (Å²) >= 11 is 0. The van der Waals surface area contributed by atoms with Gasteiger partial charge < -0.3 is 15.1 Å². The molecule has 144 valence electrons. The largest absolute Gasteiger partial charge is 0.467 e. The Labute approximate surface area is 163 Å². The van der Waals surface area contributed by atoms with E-state index in [4.69, 9.17) is 4.42 Å². The van der Waals surface area contributed by atoms with E-state index in [-0.39, 0.29) is 5.69 Å². The van der Waals surface area contributed by atoms with Crippen LogP contribution in [0.5, 0.6) is 0 Å². The zero-order chi connectivity index (χ0) is 19.6. The second kappa shape index (κ2) is 9.91. The molecule has 2 aromatic carbocycles. The lowest BCUT2D eigenvalue weighted by Gasteiger charge is -2.12. The average molecular weight is 378 g/mol. The fourth-order valence-corrected chi connectivity index (χ4v) is 2.62. The molecule has 3 aromatic rings. The molecule has 28 heavy (non-hydrogen) atoms. The zero-order valence-corrected chi connectivity index (χ0v) is 15.4. The highest BCUT2D eigenvalue weighted by molar-refractivity contribution is 5.79. The Morgan fingerprint density at radius 2 is 1.75 bits per heavy atom. The summed E-state index contributed by atoms with van der Waals surface area (Å²) in [4.78, 5) is 14.9. The number of benzene rings is 2. The van der Waals surface area contributed by atoms with E-state index in [1.165, 1.54) is 17.7 Å². The third-order valence-electron chi connectivity index (χ3n) is 4.13. The van der Waals surface area contributed by atoms with E-state index < -0.39 is 4.92 Å². The summed E-state index contributed by atoms with van der Waals surface area (Å²) < 4.78 is 5.35. The first-order valence-corrected chi connectivity index (χ1v) is 9.02. The summed E-state index contributed by atoms with van der Waals surface area (Å²) in [6, 6.07) is 20.4. The van der Waals surface area contributed by atoms with E-state index in [1.54, 1.807) is 18.4 Å². The Morgan fingerprint density at radius 3 is 2.43 bits per heavy atom. The summed E-state index contributed by atoms with van der Waals surface area (Å²) in [6.45, 7) is 1.66. The topological polar surface area (TPSA) is 92.7 Å². The van der Waals surface area contributed by atoms with Crippen molar-refractivity contribution in [2.75, 3.05) is 6.54 Å². The van der Waals surface area contributed by atoms with E-state index in [2.05, 4.69) is 27.8 Å². The van der Waals surface area contributed by atoms with Crippen molar-refractivity contribution in [3.8, 4) is 0 Å². The molecule has 0 bridgehead atoms. The number of nitrogens with one attached hydrogen (secondary N) is 2. The van der Waals surface area contributed by atoms with Crippen LogP contribution < -0.4 is 10.6 Å². The van der Waals surface area contributed by atoms with Crippen LogP contribution in [0.25, 0.3) is 0 Å². The van der Waals surface area contributed by atoms with Crippen LogP contribution in [0, 0.1) is 10.1 Å². The number of nitro benzene ring substituents is 1. The molecule has 0 spiro atoms. The van der Waals surface area contributed by atoms with Crippen molar-refractivity contribution in [3.63, 3.8) is 0 Å². The number of hydrogen-bond acceptors (Lipinski definition) is 4. The minimum atomic E-state index is -0.408. The number of hydrogen-bond donors (Lipinski definition) is 2. The smallest absolute Gasteiger partial charge is 0.269 e. The molecule has 0 aliphatic rings. The normalized spacial score (nSPS) is 11.2. The molecule has 0 unspecified atom stereocenters. The third kappa shape index (κ3) is 5.98. The van der Waals surface area contributed by atoms with Crippen molar-refractivity contribution in [1.82, 2.24) is 10.6 Å². The highest BCUT2D eigenvalue weighted by Crippen LogP contribution is 2.12. The Hall–Kier alpha value is -3.61. The van der Waals surface area contributed by atoms with E-state index in [1.807, 2.05) is 30.3 Å². The van der Waals surface area contributed by atoms with Gasteiger partial charge in [0.15, 0.2) is 5.96 Å². The molecule has 0 aliphatic carbocycles. The maximum absolute atomic E-state index is 10.8. The number of furan rings is 1. The lowest BCUT2D eigenvalue weighted by atomic mass is 10.1. The minimum Gasteiger partial charge on any atom is -0.467 e. The highest BCUT2D eigenvalue weighted by Gasteiger charge is 2.05. The van der Waals surface area contributed by atoms with Crippen LogP contribution in [0.3, 0.4) is 0 Å².